The second-order valence-electron chi connectivity index (χ2n) is 5.00. The van der Waals surface area contributed by atoms with Gasteiger partial charge in [0, 0.05) is 0 Å². The Morgan fingerprint density at radius 3 is 2.58 bits per heavy atom. The fraction of sp³-hybridized carbons (Fsp3) is 0.333. The smallest absolute Gasteiger partial charge is 0.292 e. The molecular formula is C15H19N2O2+. The number of nitrogens with one attached hydrogen (secondary N) is 1. The first-order valence-electron chi connectivity index (χ1n) is 6.41. The maximum Gasteiger partial charge on any atom is 0.292 e. The van der Waals surface area contributed by atoms with Crippen LogP contribution in [0, 0.1) is 6.92 Å². The van der Waals surface area contributed by atoms with E-state index in [9.17, 15) is 9.59 Å². The molecule has 0 aliphatic carbocycles. The number of quaternary nitrogens is 1. The van der Waals surface area contributed by atoms with Gasteiger partial charge in [-0.25, -0.2) is 4.90 Å². The van der Waals surface area contributed by atoms with Crippen molar-refractivity contribution in [2.75, 3.05) is 18.5 Å². The number of imide groups is 1. The summed E-state index contributed by atoms with van der Waals surface area (Å²) < 4.78 is 0. The van der Waals surface area contributed by atoms with Gasteiger partial charge in [-0.3, -0.25) is 9.59 Å². The number of anilines is 1. The molecule has 0 spiro atoms. The van der Waals surface area contributed by atoms with Crippen LogP contribution in [-0.2, 0) is 9.59 Å². The molecule has 100 valence electrons. The molecule has 1 heterocycles. The van der Waals surface area contributed by atoms with E-state index in [0.717, 1.165) is 10.5 Å². The van der Waals surface area contributed by atoms with E-state index >= 15 is 0 Å². The summed E-state index contributed by atoms with van der Waals surface area (Å²) in [7, 11) is 1.91. The van der Waals surface area contributed by atoms with E-state index < -0.39 is 0 Å². The Morgan fingerprint density at radius 1 is 1.37 bits per heavy atom. The highest BCUT2D eigenvalue weighted by atomic mass is 16.2. The Balaban J connectivity index is 2.23. The normalized spacial score (nSPS) is 20.7. The van der Waals surface area contributed by atoms with Crippen molar-refractivity contribution in [3.63, 3.8) is 0 Å². The topological polar surface area (TPSA) is 41.8 Å². The monoisotopic (exact) mass is 259 g/mol. The first-order chi connectivity index (χ1) is 9.04. The third-order valence-electron chi connectivity index (χ3n) is 3.50. The predicted molar refractivity (Wildman–Crippen MR) is 74.0 cm³/mol. The zero-order valence-electron chi connectivity index (χ0n) is 11.3. The number of aryl methyl sites for hydroxylation is 1. The lowest BCUT2D eigenvalue weighted by Gasteiger charge is -2.18. The first-order valence-corrected chi connectivity index (χ1v) is 6.41. The van der Waals surface area contributed by atoms with Crippen LogP contribution in [0.4, 0.5) is 5.69 Å². The second kappa shape index (κ2) is 5.36. The van der Waals surface area contributed by atoms with Gasteiger partial charge in [0.15, 0.2) is 6.04 Å². The van der Waals surface area contributed by atoms with Crippen LogP contribution in [0.15, 0.2) is 36.9 Å². The van der Waals surface area contributed by atoms with Crippen LogP contribution in [0.3, 0.4) is 0 Å². The van der Waals surface area contributed by atoms with Gasteiger partial charge in [0.05, 0.1) is 25.7 Å². The van der Waals surface area contributed by atoms with Crippen LogP contribution >= 0.6 is 0 Å². The molecule has 1 unspecified atom stereocenters. The van der Waals surface area contributed by atoms with Crippen molar-refractivity contribution in [3.05, 3.63) is 42.5 Å². The van der Waals surface area contributed by atoms with Gasteiger partial charge in [0.2, 0.25) is 5.91 Å². The highest BCUT2D eigenvalue weighted by Gasteiger charge is 2.44. The van der Waals surface area contributed by atoms with Crippen LogP contribution in [0.25, 0.3) is 0 Å². The highest BCUT2D eigenvalue weighted by molar-refractivity contribution is 6.21. The molecule has 0 radical (unpaired) electrons. The number of hydrogen-bond donors (Lipinski definition) is 1. The molecule has 0 aromatic heterocycles. The van der Waals surface area contributed by atoms with E-state index in [1.165, 1.54) is 4.90 Å². The Morgan fingerprint density at radius 2 is 2.00 bits per heavy atom. The molecular weight excluding hydrogens is 240 g/mol. The summed E-state index contributed by atoms with van der Waals surface area (Å²) >= 11 is 0. The van der Waals surface area contributed by atoms with Gasteiger partial charge >= 0.3 is 0 Å². The number of hydrogen-bond acceptors (Lipinski definition) is 2. The standard InChI is InChI=1S/C15H18N2O2/c1-4-9-16(3)13-10-14(18)17(15(13)19)12-7-5-11(2)6-8-12/h4-8,13H,1,9-10H2,2-3H3/p+1/t13-/m1/s1. The molecule has 2 amide bonds. The van der Waals surface area contributed by atoms with Crippen molar-refractivity contribution in [1.29, 1.82) is 0 Å². The lowest BCUT2D eigenvalue weighted by molar-refractivity contribution is -0.888. The number of amides is 2. The average Bonchev–Trinajstić information content (AvgIpc) is 2.67. The van der Waals surface area contributed by atoms with Crippen molar-refractivity contribution in [2.24, 2.45) is 0 Å². The molecule has 19 heavy (non-hydrogen) atoms. The van der Waals surface area contributed by atoms with Gasteiger partial charge in [-0.1, -0.05) is 24.3 Å². The number of likely N-dealkylation sites (N-methyl/N-ethyl adjacent to an activating group) is 1. The van der Waals surface area contributed by atoms with E-state index in [0.29, 0.717) is 12.2 Å². The molecule has 2 rings (SSSR count). The third-order valence-corrected chi connectivity index (χ3v) is 3.50. The average molecular weight is 259 g/mol. The van der Waals surface area contributed by atoms with E-state index in [1.54, 1.807) is 6.08 Å². The first kappa shape index (κ1) is 13.5. The van der Waals surface area contributed by atoms with Crippen molar-refractivity contribution < 1.29 is 14.5 Å². The fourth-order valence-electron chi connectivity index (χ4n) is 2.35. The van der Waals surface area contributed by atoms with Gasteiger partial charge in [-0.15, -0.1) is 0 Å². The van der Waals surface area contributed by atoms with Crippen LogP contribution in [0.5, 0.6) is 0 Å². The summed E-state index contributed by atoms with van der Waals surface area (Å²) in [6, 6.07) is 7.14. The molecule has 2 atom stereocenters. The largest absolute Gasteiger partial charge is 0.323 e. The fourth-order valence-corrected chi connectivity index (χ4v) is 2.35. The van der Waals surface area contributed by atoms with Crippen LogP contribution < -0.4 is 9.80 Å². The SMILES string of the molecule is C=CC[NH+](C)[C@@H]1CC(=O)N(c2ccc(C)cc2)C1=O. The van der Waals surface area contributed by atoms with E-state index in [1.807, 2.05) is 38.2 Å². The van der Waals surface area contributed by atoms with Crippen molar-refractivity contribution in [1.82, 2.24) is 0 Å². The maximum absolute atomic E-state index is 12.4. The predicted octanol–water partition coefficient (Wildman–Crippen LogP) is 0.328. The molecule has 0 bridgehead atoms. The van der Waals surface area contributed by atoms with E-state index in [2.05, 4.69) is 6.58 Å². The maximum atomic E-state index is 12.4. The number of benzene rings is 1. The molecule has 1 aliphatic rings. The Hall–Kier alpha value is -1.94. The minimum atomic E-state index is -0.299. The van der Waals surface area contributed by atoms with Gasteiger partial charge in [-0.05, 0) is 25.1 Å². The van der Waals surface area contributed by atoms with Crippen molar-refractivity contribution in [3.8, 4) is 0 Å². The molecule has 1 N–H and O–H groups in total. The summed E-state index contributed by atoms with van der Waals surface area (Å²) in [5.74, 6) is -0.240. The molecule has 1 aromatic carbocycles. The summed E-state index contributed by atoms with van der Waals surface area (Å²) in [5.41, 5.74) is 1.77. The molecule has 1 aliphatic heterocycles. The van der Waals surface area contributed by atoms with Gasteiger partial charge in [0.1, 0.15) is 0 Å². The summed E-state index contributed by atoms with van der Waals surface area (Å²) in [5, 5.41) is 0. The lowest BCUT2D eigenvalue weighted by atomic mass is 10.2. The minimum Gasteiger partial charge on any atom is -0.323 e. The quantitative estimate of drug-likeness (QED) is 0.625. The van der Waals surface area contributed by atoms with Crippen LogP contribution in [-0.4, -0.2) is 31.4 Å². The highest BCUT2D eigenvalue weighted by Crippen LogP contribution is 2.22. The number of carbonyl (C=O) groups is 2. The zero-order valence-corrected chi connectivity index (χ0v) is 11.3. The molecule has 4 nitrogen and oxygen atoms in total. The molecule has 1 saturated heterocycles. The Labute approximate surface area is 113 Å². The van der Waals surface area contributed by atoms with Gasteiger partial charge < -0.3 is 4.90 Å². The molecule has 1 fully saturated rings. The summed E-state index contributed by atoms with van der Waals surface area (Å²) in [6.45, 7) is 6.32. The van der Waals surface area contributed by atoms with Gasteiger partial charge in [0.25, 0.3) is 5.91 Å². The lowest BCUT2D eigenvalue weighted by Crippen LogP contribution is -3.13. The van der Waals surface area contributed by atoms with Crippen LogP contribution in [0.2, 0.25) is 0 Å². The zero-order chi connectivity index (χ0) is 14.0. The van der Waals surface area contributed by atoms with Crippen LogP contribution in [0.1, 0.15) is 12.0 Å². The van der Waals surface area contributed by atoms with Gasteiger partial charge in [-0.2, -0.15) is 0 Å². The molecule has 1 aromatic rings. The molecule has 0 saturated carbocycles. The summed E-state index contributed by atoms with van der Waals surface area (Å²) in [4.78, 5) is 26.7. The van der Waals surface area contributed by atoms with E-state index in [4.69, 9.17) is 0 Å². The number of nitrogens with zero attached hydrogens (tertiary/aromatic N) is 1. The van der Waals surface area contributed by atoms with E-state index in [-0.39, 0.29) is 24.3 Å². The second-order valence-corrected chi connectivity index (χ2v) is 5.00. The Kier molecular flexibility index (Phi) is 3.81. The number of carbonyl (C=O) groups excluding carboxylic acids is 2. The molecule has 4 heteroatoms. The third kappa shape index (κ3) is 2.58. The van der Waals surface area contributed by atoms with Crippen molar-refractivity contribution in [2.45, 2.75) is 19.4 Å². The summed E-state index contributed by atoms with van der Waals surface area (Å²) in [6.07, 6.45) is 2.04. The van der Waals surface area contributed by atoms with Crippen molar-refractivity contribution >= 4 is 17.5 Å². The Bertz CT molecular complexity index is 507. The minimum absolute atomic E-state index is 0.117. The number of rotatable bonds is 4.